The molecule has 0 saturated heterocycles. The van der Waals surface area contributed by atoms with Gasteiger partial charge in [-0.2, -0.15) is 0 Å². The number of hydrogen-bond donors (Lipinski definition) is 2. The number of carbonyl (C=O) groups is 2. The summed E-state index contributed by atoms with van der Waals surface area (Å²) >= 11 is 0. The monoisotopic (exact) mass is 381 g/mol. The maximum atomic E-state index is 12.7. The van der Waals surface area contributed by atoms with E-state index in [4.69, 9.17) is 0 Å². The van der Waals surface area contributed by atoms with E-state index in [1.807, 2.05) is 38.1 Å². The van der Waals surface area contributed by atoms with Crippen LogP contribution in [0.5, 0.6) is 0 Å². The summed E-state index contributed by atoms with van der Waals surface area (Å²) in [5.41, 5.74) is 2.91. The van der Waals surface area contributed by atoms with Gasteiger partial charge in [0, 0.05) is 30.9 Å². The van der Waals surface area contributed by atoms with Crippen LogP contribution in [0.2, 0.25) is 0 Å². The summed E-state index contributed by atoms with van der Waals surface area (Å²) in [6, 6.07) is 16.7. The number of aryl methyl sites for hydroxylation is 1. The molecule has 0 aliphatic carbocycles. The van der Waals surface area contributed by atoms with Crippen LogP contribution in [0.15, 0.2) is 54.6 Å². The maximum absolute atomic E-state index is 12.7. The number of hydrogen-bond acceptors (Lipinski definition) is 3. The minimum absolute atomic E-state index is 0.00767. The van der Waals surface area contributed by atoms with Crippen molar-refractivity contribution in [1.82, 2.24) is 10.6 Å². The number of benzene rings is 2. The van der Waals surface area contributed by atoms with Crippen molar-refractivity contribution in [3.05, 3.63) is 65.7 Å². The Morgan fingerprint density at radius 3 is 2.36 bits per heavy atom. The molecular formula is C23H31N3O2. The molecule has 0 heterocycles. The van der Waals surface area contributed by atoms with Crippen LogP contribution in [-0.2, 0) is 4.79 Å². The van der Waals surface area contributed by atoms with Gasteiger partial charge in [0.15, 0.2) is 0 Å². The van der Waals surface area contributed by atoms with Crippen molar-refractivity contribution >= 4 is 17.5 Å². The average molecular weight is 382 g/mol. The van der Waals surface area contributed by atoms with E-state index in [2.05, 4.69) is 47.6 Å². The van der Waals surface area contributed by atoms with E-state index < -0.39 is 6.04 Å². The molecule has 0 saturated carbocycles. The van der Waals surface area contributed by atoms with E-state index in [1.54, 1.807) is 12.1 Å². The fourth-order valence-corrected chi connectivity index (χ4v) is 3.07. The Morgan fingerprint density at radius 1 is 1.04 bits per heavy atom. The van der Waals surface area contributed by atoms with Crippen molar-refractivity contribution in [2.45, 2.75) is 33.7 Å². The van der Waals surface area contributed by atoms with Crippen LogP contribution >= 0.6 is 0 Å². The van der Waals surface area contributed by atoms with Gasteiger partial charge in [-0.1, -0.05) is 44.2 Å². The summed E-state index contributed by atoms with van der Waals surface area (Å²) in [6.07, 6.45) is 0. The van der Waals surface area contributed by atoms with Gasteiger partial charge in [0.2, 0.25) is 5.91 Å². The average Bonchev–Trinajstić information content (AvgIpc) is 2.69. The third-order valence-electron chi connectivity index (χ3n) is 4.70. The zero-order valence-corrected chi connectivity index (χ0v) is 17.2. The van der Waals surface area contributed by atoms with Crippen LogP contribution in [-0.4, -0.2) is 37.5 Å². The zero-order chi connectivity index (χ0) is 20.5. The molecule has 5 nitrogen and oxygen atoms in total. The van der Waals surface area contributed by atoms with Crippen molar-refractivity contribution in [3.8, 4) is 0 Å². The second-order valence-electron chi connectivity index (χ2n) is 7.27. The molecule has 28 heavy (non-hydrogen) atoms. The maximum Gasteiger partial charge on any atom is 0.251 e. The smallest absolute Gasteiger partial charge is 0.251 e. The van der Waals surface area contributed by atoms with Crippen molar-refractivity contribution in [3.63, 3.8) is 0 Å². The van der Waals surface area contributed by atoms with E-state index in [0.717, 1.165) is 12.2 Å². The summed E-state index contributed by atoms with van der Waals surface area (Å²) in [6.45, 7) is 10.1. The summed E-state index contributed by atoms with van der Waals surface area (Å²) in [4.78, 5) is 27.3. The Balaban J connectivity index is 1.92. The third-order valence-corrected chi connectivity index (χ3v) is 4.70. The van der Waals surface area contributed by atoms with E-state index in [1.165, 1.54) is 5.56 Å². The highest BCUT2D eigenvalue weighted by molar-refractivity contribution is 5.97. The first-order chi connectivity index (χ1) is 13.4. The Hall–Kier alpha value is -2.82. The quantitative estimate of drug-likeness (QED) is 0.700. The number of nitrogens with one attached hydrogen (secondary N) is 2. The van der Waals surface area contributed by atoms with Gasteiger partial charge < -0.3 is 15.5 Å². The number of rotatable bonds is 9. The first-order valence-electron chi connectivity index (χ1n) is 9.87. The normalized spacial score (nSPS) is 11.8. The van der Waals surface area contributed by atoms with E-state index in [0.29, 0.717) is 18.7 Å². The van der Waals surface area contributed by atoms with Crippen LogP contribution in [0, 0.1) is 12.8 Å². The molecule has 2 N–H and O–H groups in total. The Labute approximate surface area is 168 Å². The van der Waals surface area contributed by atoms with Crippen molar-refractivity contribution < 1.29 is 9.59 Å². The fourth-order valence-electron chi connectivity index (χ4n) is 3.07. The molecule has 2 aromatic carbocycles. The first kappa shape index (κ1) is 21.5. The number of amides is 2. The van der Waals surface area contributed by atoms with Gasteiger partial charge in [0.05, 0.1) is 0 Å². The molecule has 0 bridgehead atoms. The van der Waals surface area contributed by atoms with Crippen LogP contribution in [0.3, 0.4) is 0 Å². The molecule has 1 atom stereocenters. The van der Waals surface area contributed by atoms with Crippen molar-refractivity contribution in [2.24, 2.45) is 5.92 Å². The van der Waals surface area contributed by atoms with Gasteiger partial charge >= 0.3 is 0 Å². The SMILES string of the molecule is CCN(CCNC(=O)C(NC(=O)c1ccccc1)C(C)C)c1cccc(C)c1. The molecule has 150 valence electrons. The molecule has 1 unspecified atom stereocenters. The molecule has 2 aromatic rings. The molecule has 0 radical (unpaired) electrons. The van der Waals surface area contributed by atoms with Crippen LogP contribution in [0.1, 0.15) is 36.7 Å². The molecule has 2 amide bonds. The van der Waals surface area contributed by atoms with Gasteiger partial charge in [-0.3, -0.25) is 9.59 Å². The Bertz CT molecular complexity index is 774. The van der Waals surface area contributed by atoms with Crippen molar-refractivity contribution in [1.29, 1.82) is 0 Å². The Kier molecular flexibility index (Phi) is 8.05. The fraction of sp³-hybridized carbons (Fsp3) is 0.391. The number of likely N-dealkylation sites (N-methyl/N-ethyl adjacent to an activating group) is 1. The molecule has 0 aliphatic rings. The van der Waals surface area contributed by atoms with Crippen LogP contribution in [0.4, 0.5) is 5.69 Å². The predicted molar refractivity (Wildman–Crippen MR) is 115 cm³/mol. The van der Waals surface area contributed by atoms with Crippen LogP contribution < -0.4 is 15.5 Å². The number of nitrogens with zero attached hydrogens (tertiary/aromatic N) is 1. The molecular weight excluding hydrogens is 350 g/mol. The van der Waals surface area contributed by atoms with Gasteiger partial charge in [-0.05, 0) is 49.6 Å². The van der Waals surface area contributed by atoms with Crippen LogP contribution in [0.25, 0.3) is 0 Å². The number of anilines is 1. The van der Waals surface area contributed by atoms with Gasteiger partial charge in [-0.15, -0.1) is 0 Å². The lowest BCUT2D eigenvalue weighted by Crippen LogP contribution is -2.50. The molecule has 5 heteroatoms. The third kappa shape index (κ3) is 6.12. The van der Waals surface area contributed by atoms with Gasteiger partial charge in [-0.25, -0.2) is 0 Å². The first-order valence-corrected chi connectivity index (χ1v) is 9.87. The Morgan fingerprint density at radius 2 is 1.75 bits per heavy atom. The molecule has 0 aliphatic heterocycles. The topological polar surface area (TPSA) is 61.4 Å². The van der Waals surface area contributed by atoms with Gasteiger partial charge in [0.25, 0.3) is 5.91 Å². The highest BCUT2D eigenvalue weighted by Crippen LogP contribution is 2.15. The standard InChI is InChI=1S/C23H31N3O2/c1-5-26(20-13-9-10-18(4)16-20)15-14-24-23(28)21(17(2)3)25-22(27)19-11-7-6-8-12-19/h6-13,16-17,21H,5,14-15H2,1-4H3,(H,24,28)(H,25,27). The summed E-state index contributed by atoms with van der Waals surface area (Å²) in [7, 11) is 0. The largest absolute Gasteiger partial charge is 0.370 e. The minimum atomic E-state index is -0.568. The second-order valence-corrected chi connectivity index (χ2v) is 7.27. The summed E-state index contributed by atoms with van der Waals surface area (Å²) in [5.74, 6) is -0.393. The zero-order valence-electron chi connectivity index (χ0n) is 17.2. The highest BCUT2D eigenvalue weighted by Gasteiger charge is 2.24. The molecule has 0 fully saturated rings. The highest BCUT2D eigenvalue weighted by atomic mass is 16.2. The molecule has 0 aromatic heterocycles. The van der Waals surface area contributed by atoms with E-state index in [-0.39, 0.29) is 17.7 Å². The summed E-state index contributed by atoms with van der Waals surface area (Å²) < 4.78 is 0. The lowest BCUT2D eigenvalue weighted by molar-refractivity contribution is -0.123. The second kappa shape index (κ2) is 10.5. The van der Waals surface area contributed by atoms with E-state index >= 15 is 0 Å². The lowest BCUT2D eigenvalue weighted by Gasteiger charge is -2.25. The predicted octanol–water partition coefficient (Wildman–Crippen LogP) is 3.39. The van der Waals surface area contributed by atoms with E-state index in [9.17, 15) is 9.59 Å². The van der Waals surface area contributed by atoms with Crippen molar-refractivity contribution in [2.75, 3.05) is 24.5 Å². The lowest BCUT2D eigenvalue weighted by atomic mass is 10.0. The van der Waals surface area contributed by atoms with Gasteiger partial charge in [0.1, 0.15) is 6.04 Å². The molecule has 2 rings (SSSR count). The molecule has 0 spiro atoms. The number of carbonyl (C=O) groups excluding carboxylic acids is 2. The minimum Gasteiger partial charge on any atom is -0.370 e. The summed E-state index contributed by atoms with van der Waals surface area (Å²) in [5, 5.41) is 5.83.